The predicted octanol–water partition coefficient (Wildman–Crippen LogP) is 2.44. The second-order valence-corrected chi connectivity index (χ2v) is 4.77. The van der Waals surface area contributed by atoms with E-state index in [9.17, 15) is 0 Å². The summed E-state index contributed by atoms with van der Waals surface area (Å²) in [5, 5.41) is 3.38. The maximum Gasteiger partial charge on any atom is 0.0974 e. The minimum atomic E-state index is 0.347. The van der Waals surface area contributed by atoms with Crippen LogP contribution in [0.5, 0.6) is 0 Å². The average Bonchev–Trinajstić information content (AvgIpc) is 2.53. The zero-order valence-electron chi connectivity index (χ0n) is 7.99. The molecule has 1 aromatic heterocycles. The van der Waals surface area contributed by atoms with E-state index in [1.165, 1.54) is 30.7 Å². The minimum absolute atomic E-state index is 0.347. The Hall–Kier alpha value is -0.410. The van der Waals surface area contributed by atoms with Gasteiger partial charge in [0.1, 0.15) is 0 Å². The number of aryl methyl sites for hydroxylation is 1. The largest absolute Gasteiger partial charge is 0.327 e. The van der Waals surface area contributed by atoms with Gasteiger partial charge in [0.25, 0.3) is 0 Å². The molecule has 3 heteroatoms. The van der Waals surface area contributed by atoms with Crippen LogP contribution in [-0.4, -0.2) is 11.0 Å². The van der Waals surface area contributed by atoms with Gasteiger partial charge < -0.3 is 5.73 Å². The Morgan fingerprint density at radius 1 is 1.46 bits per heavy atom. The molecule has 0 aromatic carbocycles. The quantitative estimate of drug-likeness (QED) is 0.749. The molecule has 72 valence electrons. The van der Waals surface area contributed by atoms with Gasteiger partial charge in [-0.1, -0.05) is 12.8 Å². The van der Waals surface area contributed by atoms with E-state index in [0.717, 1.165) is 5.69 Å². The summed E-state index contributed by atoms with van der Waals surface area (Å²) in [6.07, 6.45) is 5.01. The van der Waals surface area contributed by atoms with Crippen molar-refractivity contribution in [2.45, 2.75) is 44.6 Å². The van der Waals surface area contributed by atoms with Gasteiger partial charge in [-0.3, -0.25) is 0 Å². The van der Waals surface area contributed by atoms with Gasteiger partial charge in [0.2, 0.25) is 0 Å². The second kappa shape index (κ2) is 3.76. The van der Waals surface area contributed by atoms with Crippen LogP contribution < -0.4 is 5.73 Å². The molecule has 1 aliphatic rings. The molecule has 13 heavy (non-hydrogen) atoms. The van der Waals surface area contributed by atoms with Crippen LogP contribution in [0.4, 0.5) is 0 Å². The third-order valence-electron chi connectivity index (χ3n) is 2.77. The molecule has 2 rings (SSSR count). The van der Waals surface area contributed by atoms with Crippen LogP contribution >= 0.6 is 11.3 Å². The maximum atomic E-state index is 6.09. The number of hydrogen-bond donors (Lipinski definition) is 1. The minimum Gasteiger partial charge on any atom is -0.327 e. The smallest absolute Gasteiger partial charge is 0.0974 e. The molecule has 0 bridgehead atoms. The van der Waals surface area contributed by atoms with Crippen molar-refractivity contribution in [3.05, 3.63) is 16.1 Å². The van der Waals surface area contributed by atoms with Crippen molar-refractivity contribution in [1.29, 1.82) is 0 Å². The molecule has 2 unspecified atom stereocenters. The molecular weight excluding hydrogens is 180 g/mol. The molecule has 0 aliphatic heterocycles. The van der Waals surface area contributed by atoms with Crippen molar-refractivity contribution in [3.8, 4) is 0 Å². The van der Waals surface area contributed by atoms with Gasteiger partial charge in [-0.2, -0.15) is 0 Å². The lowest BCUT2D eigenvalue weighted by molar-refractivity contribution is 0.384. The van der Waals surface area contributed by atoms with Gasteiger partial charge in [-0.05, 0) is 19.8 Å². The van der Waals surface area contributed by atoms with Crippen LogP contribution in [0.25, 0.3) is 0 Å². The normalized spacial score (nSPS) is 29.1. The highest BCUT2D eigenvalue weighted by Crippen LogP contribution is 2.33. The van der Waals surface area contributed by atoms with Crippen molar-refractivity contribution in [2.24, 2.45) is 5.73 Å². The SMILES string of the molecule is Cc1csc(C2CCCCC2N)n1. The number of hydrogen-bond acceptors (Lipinski definition) is 3. The summed E-state index contributed by atoms with van der Waals surface area (Å²) in [5.41, 5.74) is 7.22. The number of rotatable bonds is 1. The Bertz CT molecular complexity index is 282. The van der Waals surface area contributed by atoms with Gasteiger partial charge in [0.15, 0.2) is 0 Å². The number of nitrogens with two attached hydrogens (primary N) is 1. The van der Waals surface area contributed by atoms with E-state index in [1.807, 2.05) is 6.92 Å². The summed E-state index contributed by atoms with van der Waals surface area (Å²) in [5.74, 6) is 0.535. The summed E-state index contributed by atoms with van der Waals surface area (Å²) >= 11 is 1.77. The highest BCUT2D eigenvalue weighted by Gasteiger charge is 2.25. The average molecular weight is 196 g/mol. The topological polar surface area (TPSA) is 38.9 Å². The fourth-order valence-corrected chi connectivity index (χ4v) is 3.02. The Morgan fingerprint density at radius 2 is 2.23 bits per heavy atom. The third kappa shape index (κ3) is 1.92. The number of thiazole rings is 1. The fourth-order valence-electron chi connectivity index (χ4n) is 2.01. The zero-order valence-corrected chi connectivity index (χ0v) is 8.81. The van der Waals surface area contributed by atoms with E-state index >= 15 is 0 Å². The number of nitrogens with zero attached hydrogens (tertiary/aromatic N) is 1. The van der Waals surface area contributed by atoms with Crippen LogP contribution in [0.1, 0.15) is 42.3 Å². The zero-order chi connectivity index (χ0) is 9.26. The monoisotopic (exact) mass is 196 g/mol. The Labute approximate surface area is 83.2 Å². The van der Waals surface area contributed by atoms with Gasteiger partial charge in [0, 0.05) is 23.0 Å². The van der Waals surface area contributed by atoms with Crippen LogP contribution in [0, 0.1) is 6.92 Å². The van der Waals surface area contributed by atoms with E-state index in [1.54, 1.807) is 11.3 Å². The highest BCUT2D eigenvalue weighted by atomic mass is 32.1. The summed E-state index contributed by atoms with van der Waals surface area (Å²) < 4.78 is 0. The Morgan fingerprint density at radius 3 is 2.85 bits per heavy atom. The first kappa shape index (κ1) is 9.16. The molecule has 2 atom stereocenters. The third-order valence-corrected chi connectivity index (χ3v) is 3.87. The second-order valence-electron chi connectivity index (χ2n) is 3.88. The summed E-state index contributed by atoms with van der Waals surface area (Å²) in [6, 6.07) is 0.347. The molecule has 0 radical (unpaired) electrons. The molecule has 1 fully saturated rings. The first-order chi connectivity index (χ1) is 6.27. The van der Waals surface area contributed by atoms with Gasteiger partial charge in [0.05, 0.1) is 5.01 Å². The molecule has 1 aliphatic carbocycles. The molecule has 0 spiro atoms. The Kier molecular flexibility index (Phi) is 2.65. The Balaban J connectivity index is 2.14. The van der Waals surface area contributed by atoms with Gasteiger partial charge in [-0.25, -0.2) is 4.98 Å². The van der Waals surface area contributed by atoms with E-state index in [-0.39, 0.29) is 0 Å². The molecule has 0 saturated heterocycles. The van der Waals surface area contributed by atoms with Gasteiger partial charge in [-0.15, -0.1) is 11.3 Å². The lowest BCUT2D eigenvalue weighted by atomic mass is 9.85. The first-order valence-electron chi connectivity index (χ1n) is 4.95. The lowest BCUT2D eigenvalue weighted by Gasteiger charge is -2.26. The van der Waals surface area contributed by atoms with Crippen LogP contribution in [0.3, 0.4) is 0 Å². The number of aromatic nitrogens is 1. The van der Waals surface area contributed by atoms with Crippen LogP contribution in [0.15, 0.2) is 5.38 Å². The van der Waals surface area contributed by atoms with E-state index in [0.29, 0.717) is 12.0 Å². The van der Waals surface area contributed by atoms with Crippen LogP contribution in [0.2, 0.25) is 0 Å². The lowest BCUT2D eigenvalue weighted by Crippen LogP contribution is -2.31. The molecule has 2 nitrogen and oxygen atoms in total. The predicted molar refractivity (Wildman–Crippen MR) is 56.0 cm³/mol. The standard InChI is InChI=1S/C10H16N2S/c1-7-6-13-10(12-7)8-4-2-3-5-9(8)11/h6,8-9H,2-5,11H2,1H3. The molecule has 0 amide bonds. The van der Waals surface area contributed by atoms with Crippen molar-refractivity contribution in [2.75, 3.05) is 0 Å². The van der Waals surface area contributed by atoms with Crippen LogP contribution in [-0.2, 0) is 0 Å². The molecule has 2 N–H and O–H groups in total. The molecular formula is C10H16N2S. The van der Waals surface area contributed by atoms with E-state index in [2.05, 4.69) is 10.4 Å². The summed E-state index contributed by atoms with van der Waals surface area (Å²) in [7, 11) is 0. The summed E-state index contributed by atoms with van der Waals surface area (Å²) in [4.78, 5) is 4.52. The molecule has 1 heterocycles. The first-order valence-corrected chi connectivity index (χ1v) is 5.83. The molecule has 1 saturated carbocycles. The maximum absolute atomic E-state index is 6.09. The van der Waals surface area contributed by atoms with E-state index in [4.69, 9.17) is 5.73 Å². The highest BCUT2D eigenvalue weighted by molar-refractivity contribution is 7.09. The fraction of sp³-hybridized carbons (Fsp3) is 0.700. The molecule has 1 aromatic rings. The van der Waals surface area contributed by atoms with Crippen molar-refractivity contribution >= 4 is 11.3 Å². The summed E-state index contributed by atoms with van der Waals surface area (Å²) in [6.45, 7) is 2.05. The van der Waals surface area contributed by atoms with Crippen molar-refractivity contribution < 1.29 is 0 Å². The van der Waals surface area contributed by atoms with Crippen molar-refractivity contribution in [3.63, 3.8) is 0 Å². The van der Waals surface area contributed by atoms with Gasteiger partial charge >= 0.3 is 0 Å². The van der Waals surface area contributed by atoms with Crippen molar-refractivity contribution in [1.82, 2.24) is 4.98 Å². The van der Waals surface area contributed by atoms with E-state index < -0.39 is 0 Å².